The summed E-state index contributed by atoms with van der Waals surface area (Å²) in [5.74, 6) is 0.908. The molecular weight excluding hydrogens is 318 g/mol. The minimum atomic E-state index is -0.0794. The molecule has 132 valence electrons. The van der Waals surface area contributed by atoms with E-state index in [9.17, 15) is 9.59 Å². The van der Waals surface area contributed by atoms with E-state index >= 15 is 0 Å². The summed E-state index contributed by atoms with van der Waals surface area (Å²) in [7, 11) is 0. The van der Waals surface area contributed by atoms with Crippen LogP contribution in [0.25, 0.3) is 0 Å². The fraction of sp³-hybridized carbons (Fsp3) is 0.556. The minimum absolute atomic E-state index is 0.0470. The first-order valence-corrected chi connectivity index (χ1v) is 8.74. The van der Waals surface area contributed by atoms with Gasteiger partial charge in [0.15, 0.2) is 0 Å². The molecule has 0 aliphatic carbocycles. The molecule has 1 aromatic rings. The number of hydrogen-bond acceptors (Lipinski definition) is 5. The van der Waals surface area contributed by atoms with Crippen molar-refractivity contribution in [2.75, 3.05) is 44.2 Å². The molecule has 0 N–H and O–H groups in total. The lowest BCUT2D eigenvalue weighted by Crippen LogP contribution is -2.53. The fourth-order valence-electron chi connectivity index (χ4n) is 3.54. The lowest BCUT2D eigenvalue weighted by Gasteiger charge is -2.39. The van der Waals surface area contributed by atoms with Gasteiger partial charge in [-0.2, -0.15) is 5.26 Å². The number of hydrogen-bond donors (Lipinski definition) is 0. The van der Waals surface area contributed by atoms with Crippen LogP contribution >= 0.6 is 0 Å². The highest BCUT2D eigenvalue weighted by atomic mass is 16.2. The van der Waals surface area contributed by atoms with Crippen LogP contribution in [-0.4, -0.2) is 65.9 Å². The van der Waals surface area contributed by atoms with Crippen LogP contribution in [-0.2, 0) is 9.59 Å². The normalized spacial score (nSPS) is 21.0. The number of piperazine rings is 1. The van der Waals surface area contributed by atoms with Gasteiger partial charge < -0.3 is 14.7 Å². The van der Waals surface area contributed by atoms with E-state index in [1.807, 2.05) is 4.90 Å². The summed E-state index contributed by atoms with van der Waals surface area (Å²) in [6.45, 7) is 5.57. The summed E-state index contributed by atoms with van der Waals surface area (Å²) in [4.78, 5) is 34.4. The monoisotopic (exact) mass is 341 g/mol. The number of piperidine rings is 1. The van der Waals surface area contributed by atoms with Crippen molar-refractivity contribution in [3.8, 4) is 6.07 Å². The second-order valence-electron chi connectivity index (χ2n) is 6.63. The number of carbonyl (C=O) groups is 2. The third-order valence-corrected chi connectivity index (χ3v) is 5.01. The highest BCUT2D eigenvalue weighted by Crippen LogP contribution is 2.21. The van der Waals surface area contributed by atoms with Crippen molar-refractivity contribution in [2.24, 2.45) is 5.92 Å². The summed E-state index contributed by atoms with van der Waals surface area (Å²) in [5, 5.41) is 9.00. The van der Waals surface area contributed by atoms with Gasteiger partial charge in [0.1, 0.15) is 5.82 Å². The molecule has 2 aliphatic heterocycles. The van der Waals surface area contributed by atoms with E-state index in [0.717, 1.165) is 25.2 Å². The second kappa shape index (κ2) is 7.51. The number of anilines is 1. The van der Waals surface area contributed by atoms with Gasteiger partial charge in [0.25, 0.3) is 0 Å². The highest BCUT2D eigenvalue weighted by Gasteiger charge is 2.31. The van der Waals surface area contributed by atoms with Gasteiger partial charge in [-0.1, -0.05) is 0 Å². The Morgan fingerprint density at radius 3 is 2.64 bits per heavy atom. The molecule has 2 amide bonds. The first-order valence-electron chi connectivity index (χ1n) is 8.74. The average Bonchev–Trinajstić information content (AvgIpc) is 2.67. The van der Waals surface area contributed by atoms with Gasteiger partial charge in [0, 0.05) is 52.4 Å². The molecule has 0 radical (unpaired) electrons. The standard InChI is InChI=1S/C18H23N5O2/c1-14(24)23-6-2-3-16(13-23)18(25)22-9-7-21(8-10-22)17-11-15(12-19)4-5-20-17/h4-5,11,16H,2-3,6-10,13H2,1H3. The van der Waals surface area contributed by atoms with Crippen LogP contribution in [0.2, 0.25) is 0 Å². The van der Waals surface area contributed by atoms with Crippen molar-refractivity contribution < 1.29 is 9.59 Å². The van der Waals surface area contributed by atoms with Gasteiger partial charge >= 0.3 is 0 Å². The van der Waals surface area contributed by atoms with Crippen LogP contribution in [0, 0.1) is 17.2 Å². The van der Waals surface area contributed by atoms with Gasteiger partial charge in [0.05, 0.1) is 17.6 Å². The Balaban J connectivity index is 1.57. The molecular formula is C18H23N5O2. The molecule has 2 aliphatic rings. The number of likely N-dealkylation sites (tertiary alicyclic amines) is 1. The molecule has 7 nitrogen and oxygen atoms in total. The van der Waals surface area contributed by atoms with E-state index in [-0.39, 0.29) is 17.7 Å². The second-order valence-corrected chi connectivity index (χ2v) is 6.63. The van der Waals surface area contributed by atoms with Crippen molar-refractivity contribution in [1.82, 2.24) is 14.8 Å². The van der Waals surface area contributed by atoms with E-state index in [1.165, 1.54) is 0 Å². The van der Waals surface area contributed by atoms with Crippen LogP contribution < -0.4 is 4.90 Å². The fourth-order valence-corrected chi connectivity index (χ4v) is 3.54. The van der Waals surface area contributed by atoms with Gasteiger partial charge in [-0.25, -0.2) is 4.98 Å². The van der Waals surface area contributed by atoms with Gasteiger partial charge in [-0.3, -0.25) is 9.59 Å². The number of pyridine rings is 1. The number of aromatic nitrogens is 1. The van der Waals surface area contributed by atoms with Crippen LogP contribution in [0.15, 0.2) is 18.3 Å². The smallest absolute Gasteiger partial charge is 0.227 e. The number of amides is 2. The number of carbonyl (C=O) groups excluding carboxylic acids is 2. The molecule has 0 bridgehead atoms. The van der Waals surface area contributed by atoms with Crippen molar-refractivity contribution in [3.05, 3.63) is 23.9 Å². The molecule has 0 spiro atoms. The van der Waals surface area contributed by atoms with Gasteiger partial charge in [0.2, 0.25) is 11.8 Å². The van der Waals surface area contributed by atoms with Crippen molar-refractivity contribution >= 4 is 17.6 Å². The van der Waals surface area contributed by atoms with E-state index in [1.54, 1.807) is 30.2 Å². The molecule has 2 saturated heterocycles. The molecule has 3 rings (SSSR count). The predicted molar refractivity (Wildman–Crippen MR) is 92.7 cm³/mol. The Bertz CT molecular complexity index is 691. The molecule has 25 heavy (non-hydrogen) atoms. The molecule has 1 aromatic heterocycles. The molecule has 3 heterocycles. The summed E-state index contributed by atoms with van der Waals surface area (Å²) in [5.41, 5.74) is 0.593. The summed E-state index contributed by atoms with van der Waals surface area (Å²) >= 11 is 0. The Hall–Kier alpha value is -2.62. The third kappa shape index (κ3) is 3.90. The van der Waals surface area contributed by atoms with Crippen LogP contribution in [0.3, 0.4) is 0 Å². The van der Waals surface area contributed by atoms with Crippen molar-refractivity contribution in [2.45, 2.75) is 19.8 Å². The zero-order valence-electron chi connectivity index (χ0n) is 14.5. The first kappa shape index (κ1) is 17.2. The summed E-state index contributed by atoms with van der Waals surface area (Å²) in [6.07, 6.45) is 3.39. The topological polar surface area (TPSA) is 80.5 Å². The summed E-state index contributed by atoms with van der Waals surface area (Å²) in [6, 6.07) is 5.60. The maximum atomic E-state index is 12.8. The molecule has 7 heteroatoms. The van der Waals surface area contributed by atoms with Crippen LogP contribution in [0.1, 0.15) is 25.3 Å². The number of nitrogens with zero attached hydrogens (tertiary/aromatic N) is 5. The highest BCUT2D eigenvalue weighted by molar-refractivity contribution is 5.81. The van der Waals surface area contributed by atoms with Gasteiger partial charge in [-0.05, 0) is 25.0 Å². The Morgan fingerprint density at radius 1 is 1.20 bits per heavy atom. The van der Waals surface area contributed by atoms with E-state index < -0.39 is 0 Å². The maximum Gasteiger partial charge on any atom is 0.227 e. The van der Waals surface area contributed by atoms with E-state index in [2.05, 4.69) is 16.0 Å². The zero-order valence-corrected chi connectivity index (χ0v) is 14.5. The zero-order chi connectivity index (χ0) is 17.8. The van der Waals surface area contributed by atoms with Crippen LogP contribution in [0.4, 0.5) is 5.82 Å². The average molecular weight is 341 g/mol. The third-order valence-electron chi connectivity index (χ3n) is 5.01. The predicted octanol–water partition coefficient (Wildman–Crippen LogP) is 0.860. The lowest BCUT2D eigenvalue weighted by molar-refractivity contribution is -0.140. The first-order chi connectivity index (χ1) is 12.1. The lowest BCUT2D eigenvalue weighted by atomic mass is 9.96. The molecule has 0 saturated carbocycles. The maximum absolute atomic E-state index is 12.8. The largest absolute Gasteiger partial charge is 0.353 e. The molecule has 1 atom stereocenters. The Morgan fingerprint density at radius 2 is 1.96 bits per heavy atom. The van der Waals surface area contributed by atoms with Crippen LogP contribution in [0.5, 0.6) is 0 Å². The van der Waals surface area contributed by atoms with Crippen molar-refractivity contribution in [1.29, 1.82) is 5.26 Å². The molecule has 0 aromatic carbocycles. The van der Waals surface area contributed by atoms with E-state index in [0.29, 0.717) is 38.3 Å². The Kier molecular flexibility index (Phi) is 5.17. The van der Waals surface area contributed by atoms with Gasteiger partial charge in [-0.15, -0.1) is 0 Å². The quantitative estimate of drug-likeness (QED) is 0.797. The molecule has 2 fully saturated rings. The number of nitriles is 1. The minimum Gasteiger partial charge on any atom is -0.353 e. The number of rotatable bonds is 2. The SMILES string of the molecule is CC(=O)N1CCCC(C(=O)N2CCN(c3cc(C#N)ccn3)CC2)C1. The van der Waals surface area contributed by atoms with E-state index in [4.69, 9.17) is 5.26 Å². The summed E-state index contributed by atoms with van der Waals surface area (Å²) < 4.78 is 0. The van der Waals surface area contributed by atoms with Crippen molar-refractivity contribution in [3.63, 3.8) is 0 Å². The molecule has 1 unspecified atom stereocenters. The Labute approximate surface area is 147 Å².